The van der Waals surface area contributed by atoms with Gasteiger partial charge in [-0.1, -0.05) is 18.2 Å². The third-order valence-electron chi connectivity index (χ3n) is 3.68. The fraction of sp³-hybridized carbons (Fsp3) is 0.158. The van der Waals surface area contributed by atoms with Gasteiger partial charge >= 0.3 is 5.97 Å². The number of carboxylic acid groups (broad SMARTS) is 1. The van der Waals surface area contributed by atoms with E-state index in [2.05, 4.69) is 31.0 Å². The van der Waals surface area contributed by atoms with Gasteiger partial charge in [-0.25, -0.2) is 9.78 Å². The monoisotopic (exact) mass is 339 g/mol. The Kier molecular flexibility index (Phi) is 4.62. The van der Waals surface area contributed by atoms with E-state index in [1.54, 1.807) is 23.5 Å². The molecule has 2 aromatic carbocycles. The van der Waals surface area contributed by atoms with Crippen LogP contribution in [0.15, 0.2) is 36.4 Å². The van der Waals surface area contributed by atoms with Crippen molar-refractivity contribution in [3.63, 3.8) is 0 Å². The first kappa shape index (κ1) is 16.2. The highest BCUT2D eigenvalue weighted by Crippen LogP contribution is 2.26. The maximum Gasteiger partial charge on any atom is 0.341 e. The van der Waals surface area contributed by atoms with Gasteiger partial charge in [0.15, 0.2) is 6.61 Å². The van der Waals surface area contributed by atoms with E-state index in [9.17, 15) is 4.79 Å². The van der Waals surface area contributed by atoms with Crippen molar-refractivity contribution in [3.05, 3.63) is 58.1 Å². The van der Waals surface area contributed by atoms with Crippen molar-refractivity contribution in [3.8, 4) is 5.75 Å². The van der Waals surface area contributed by atoms with E-state index < -0.39 is 5.97 Å². The third kappa shape index (κ3) is 3.81. The molecule has 24 heavy (non-hydrogen) atoms. The van der Waals surface area contributed by atoms with E-state index in [1.165, 1.54) is 15.8 Å². The number of hydrogen-bond donors (Lipinski definition) is 1. The molecule has 3 aromatic rings. The van der Waals surface area contributed by atoms with Gasteiger partial charge in [-0.3, -0.25) is 0 Å². The molecule has 1 N–H and O–H groups in total. The molecule has 0 bridgehead atoms. The molecule has 0 saturated carbocycles. The van der Waals surface area contributed by atoms with E-state index in [-0.39, 0.29) is 6.61 Å². The number of aromatic nitrogens is 1. The average Bonchev–Trinajstić information content (AvgIpc) is 2.94. The summed E-state index contributed by atoms with van der Waals surface area (Å²) in [7, 11) is 0. The van der Waals surface area contributed by atoms with Crippen LogP contribution in [0.2, 0.25) is 0 Å². The molecule has 0 aliphatic heterocycles. The van der Waals surface area contributed by atoms with Crippen LogP contribution in [0, 0.1) is 13.8 Å². The summed E-state index contributed by atoms with van der Waals surface area (Å²) in [5.41, 5.74) is 4.56. The molecule has 1 heterocycles. The highest BCUT2D eigenvalue weighted by molar-refractivity contribution is 7.19. The summed E-state index contributed by atoms with van der Waals surface area (Å²) in [6.07, 6.45) is 3.97. The molecule has 0 saturated heterocycles. The highest BCUT2D eigenvalue weighted by atomic mass is 32.1. The molecule has 122 valence electrons. The Morgan fingerprint density at radius 3 is 2.58 bits per heavy atom. The molecule has 0 amide bonds. The normalized spacial score (nSPS) is 11.2. The largest absolute Gasteiger partial charge is 0.482 e. The van der Waals surface area contributed by atoms with E-state index in [0.717, 1.165) is 16.1 Å². The molecule has 5 heteroatoms. The van der Waals surface area contributed by atoms with Crippen LogP contribution >= 0.6 is 11.3 Å². The minimum absolute atomic E-state index is 0.334. The summed E-state index contributed by atoms with van der Waals surface area (Å²) in [6, 6.07) is 11.6. The van der Waals surface area contributed by atoms with Crippen molar-refractivity contribution < 1.29 is 14.6 Å². The molecule has 4 nitrogen and oxygen atoms in total. The summed E-state index contributed by atoms with van der Waals surface area (Å²) in [5.74, 6) is -0.444. The van der Waals surface area contributed by atoms with Gasteiger partial charge in [0.25, 0.3) is 0 Å². The molecular formula is C19H17NO3S. The number of fused-ring (bicyclic) bond motifs is 1. The first-order chi connectivity index (χ1) is 11.5. The van der Waals surface area contributed by atoms with Crippen molar-refractivity contribution in [2.45, 2.75) is 13.8 Å². The lowest BCUT2D eigenvalue weighted by molar-refractivity contribution is -0.139. The Bertz CT molecular complexity index is 871. The van der Waals surface area contributed by atoms with Gasteiger partial charge in [-0.05, 0) is 60.9 Å². The summed E-state index contributed by atoms with van der Waals surface area (Å²) >= 11 is 1.67. The quantitative estimate of drug-likeness (QED) is 0.741. The lowest BCUT2D eigenvalue weighted by Gasteiger charge is -2.02. The van der Waals surface area contributed by atoms with Crippen molar-refractivity contribution in [2.75, 3.05) is 6.61 Å². The summed E-state index contributed by atoms with van der Waals surface area (Å²) in [6.45, 7) is 3.87. The number of carboxylic acids is 1. The summed E-state index contributed by atoms with van der Waals surface area (Å²) in [4.78, 5) is 15.1. The maximum atomic E-state index is 10.5. The number of aliphatic carboxylic acids is 1. The molecule has 0 aliphatic rings. The standard InChI is InChI=1S/C19H17NO3S/c1-12-9-16-17(10-13(12)2)24-18(20-16)8-5-14-3-6-15(7-4-14)23-11-19(21)22/h3-10H,11H2,1-2H3,(H,21,22). The molecule has 0 atom stereocenters. The van der Waals surface area contributed by atoms with Crippen LogP contribution in [0.1, 0.15) is 21.7 Å². The van der Waals surface area contributed by atoms with Gasteiger partial charge in [-0.2, -0.15) is 0 Å². The van der Waals surface area contributed by atoms with E-state index >= 15 is 0 Å². The van der Waals surface area contributed by atoms with Crippen LogP contribution < -0.4 is 4.74 Å². The van der Waals surface area contributed by atoms with Gasteiger partial charge in [-0.15, -0.1) is 11.3 Å². The van der Waals surface area contributed by atoms with Gasteiger partial charge in [0.2, 0.25) is 0 Å². The zero-order valence-electron chi connectivity index (χ0n) is 13.4. The Labute approximate surface area is 144 Å². The number of carbonyl (C=O) groups is 1. The Morgan fingerprint density at radius 1 is 1.17 bits per heavy atom. The van der Waals surface area contributed by atoms with Crippen molar-refractivity contribution in [1.29, 1.82) is 0 Å². The minimum atomic E-state index is -0.986. The highest BCUT2D eigenvalue weighted by Gasteiger charge is 2.04. The predicted octanol–water partition coefficient (Wildman–Crippen LogP) is 4.55. The molecular weight excluding hydrogens is 322 g/mol. The topological polar surface area (TPSA) is 59.4 Å². The summed E-state index contributed by atoms with van der Waals surface area (Å²) in [5, 5.41) is 9.55. The Hall–Kier alpha value is -2.66. The van der Waals surface area contributed by atoms with Crippen LogP contribution in [0.3, 0.4) is 0 Å². The summed E-state index contributed by atoms with van der Waals surface area (Å²) < 4.78 is 6.30. The first-order valence-corrected chi connectivity index (χ1v) is 8.33. The Balaban J connectivity index is 1.74. The lowest BCUT2D eigenvalue weighted by atomic mass is 10.1. The number of rotatable bonds is 5. The zero-order chi connectivity index (χ0) is 17.1. The second kappa shape index (κ2) is 6.84. The van der Waals surface area contributed by atoms with E-state index in [0.29, 0.717) is 5.75 Å². The smallest absolute Gasteiger partial charge is 0.341 e. The van der Waals surface area contributed by atoms with Gasteiger partial charge in [0.1, 0.15) is 10.8 Å². The van der Waals surface area contributed by atoms with Gasteiger partial charge in [0.05, 0.1) is 10.2 Å². The number of thiazole rings is 1. The maximum absolute atomic E-state index is 10.5. The molecule has 3 rings (SSSR count). The number of nitrogens with zero attached hydrogens (tertiary/aromatic N) is 1. The fourth-order valence-corrected chi connectivity index (χ4v) is 3.21. The van der Waals surface area contributed by atoms with E-state index in [4.69, 9.17) is 9.84 Å². The van der Waals surface area contributed by atoms with Crippen molar-refractivity contribution in [1.82, 2.24) is 4.98 Å². The predicted molar refractivity (Wildman–Crippen MR) is 97.6 cm³/mol. The van der Waals surface area contributed by atoms with Crippen LogP contribution in [-0.4, -0.2) is 22.7 Å². The second-order valence-corrected chi connectivity index (χ2v) is 6.60. The van der Waals surface area contributed by atoms with Crippen LogP contribution in [0.5, 0.6) is 5.75 Å². The lowest BCUT2D eigenvalue weighted by Crippen LogP contribution is -2.09. The zero-order valence-corrected chi connectivity index (χ0v) is 14.3. The van der Waals surface area contributed by atoms with E-state index in [1.807, 2.05) is 24.3 Å². The number of hydrogen-bond acceptors (Lipinski definition) is 4. The number of benzene rings is 2. The molecule has 0 radical (unpaired) electrons. The van der Waals surface area contributed by atoms with Crippen LogP contribution in [0.25, 0.3) is 22.4 Å². The molecule has 0 fully saturated rings. The third-order valence-corrected chi connectivity index (χ3v) is 4.66. The van der Waals surface area contributed by atoms with Crippen LogP contribution in [-0.2, 0) is 4.79 Å². The molecule has 0 spiro atoms. The van der Waals surface area contributed by atoms with Crippen molar-refractivity contribution >= 4 is 39.7 Å². The molecule has 0 aliphatic carbocycles. The minimum Gasteiger partial charge on any atom is -0.482 e. The average molecular weight is 339 g/mol. The van der Waals surface area contributed by atoms with Crippen molar-refractivity contribution in [2.24, 2.45) is 0 Å². The first-order valence-electron chi connectivity index (χ1n) is 7.52. The Morgan fingerprint density at radius 2 is 1.88 bits per heavy atom. The number of ether oxygens (including phenoxy) is 1. The molecule has 1 aromatic heterocycles. The second-order valence-electron chi connectivity index (χ2n) is 5.54. The fourth-order valence-electron chi connectivity index (χ4n) is 2.26. The SMILES string of the molecule is Cc1cc2nc(C=Cc3ccc(OCC(=O)O)cc3)sc2cc1C. The van der Waals surface area contributed by atoms with Gasteiger partial charge in [0, 0.05) is 0 Å². The van der Waals surface area contributed by atoms with Crippen LogP contribution in [0.4, 0.5) is 0 Å². The molecule has 0 unspecified atom stereocenters. The van der Waals surface area contributed by atoms with Gasteiger partial charge < -0.3 is 9.84 Å². The number of aryl methyl sites for hydroxylation is 2.